The van der Waals surface area contributed by atoms with Gasteiger partial charge in [-0.05, 0) is 54.2 Å². The monoisotopic (exact) mass is 347 g/mol. The SMILES string of the molecule is CC1CCC(NC(=O)c2nn(C)cc2I)CC1. The fourth-order valence-corrected chi connectivity index (χ4v) is 3.03. The third-order valence-corrected chi connectivity index (χ3v) is 4.14. The van der Waals surface area contributed by atoms with Crippen molar-refractivity contribution in [2.75, 3.05) is 0 Å². The summed E-state index contributed by atoms with van der Waals surface area (Å²) in [5.74, 6) is 0.771. The molecule has 1 heterocycles. The maximum absolute atomic E-state index is 12.0. The number of carbonyl (C=O) groups excluding carboxylic acids is 1. The molecule has 5 heteroatoms. The molecular formula is C12H18IN3O. The Bertz CT molecular complexity index is 408. The van der Waals surface area contributed by atoms with Crippen LogP contribution in [0.1, 0.15) is 43.1 Å². The van der Waals surface area contributed by atoms with Crippen molar-refractivity contribution in [1.29, 1.82) is 0 Å². The second-order valence-corrected chi connectivity index (χ2v) is 6.09. The van der Waals surface area contributed by atoms with E-state index in [0.29, 0.717) is 11.7 Å². The molecule has 0 saturated heterocycles. The third kappa shape index (κ3) is 3.20. The Morgan fingerprint density at radius 2 is 2.12 bits per heavy atom. The summed E-state index contributed by atoms with van der Waals surface area (Å²) >= 11 is 2.15. The third-order valence-electron chi connectivity index (χ3n) is 3.35. The van der Waals surface area contributed by atoms with Gasteiger partial charge in [0.2, 0.25) is 0 Å². The molecule has 1 saturated carbocycles. The number of nitrogens with zero attached hydrogens (tertiary/aromatic N) is 2. The highest BCUT2D eigenvalue weighted by Crippen LogP contribution is 2.23. The van der Waals surface area contributed by atoms with Gasteiger partial charge in [0.15, 0.2) is 5.69 Å². The lowest BCUT2D eigenvalue weighted by molar-refractivity contribution is 0.0916. The molecule has 1 aliphatic carbocycles. The summed E-state index contributed by atoms with van der Waals surface area (Å²) < 4.78 is 2.59. The molecule has 17 heavy (non-hydrogen) atoms. The van der Waals surface area contributed by atoms with Crippen LogP contribution in [0.25, 0.3) is 0 Å². The fraction of sp³-hybridized carbons (Fsp3) is 0.667. The molecule has 1 N–H and O–H groups in total. The second kappa shape index (κ2) is 5.37. The van der Waals surface area contributed by atoms with Crippen LogP contribution in [-0.2, 0) is 7.05 Å². The van der Waals surface area contributed by atoms with Crippen LogP contribution < -0.4 is 5.32 Å². The van der Waals surface area contributed by atoms with Gasteiger partial charge in [0.05, 0.1) is 3.57 Å². The van der Waals surface area contributed by atoms with E-state index in [0.717, 1.165) is 22.3 Å². The van der Waals surface area contributed by atoms with Crippen LogP contribution in [0.3, 0.4) is 0 Å². The summed E-state index contributed by atoms with van der Waals surface area (Å²) in [5.41, 5.74) is 0.548. The first kappa shape index (κ1) is 12.9. The number of amides is 1. The number of halogens is 1. The molecule has 4 nitrogen and oxygen atoms in total. The predicted molar refractivity (Wildman–Crippen MR) is 74.8 cm³/mol. The van der Waals surface area contributed by atoms with Gasteiger partial charge in [-0.3, -0.25) is 9.48 Å². The second-order valence-electron chi connectivity index (χ2n) is 4.93. The maximum atomic E-state index is 12.0. The van der Waals surface area contributed by atoms with E-state index < -0.39 is 0 Å². The van der Waals surface area contributed by atoms with Crippen molar-refractivity contribution in [1.82, 2.24) is 15.1 Å². The number of nitrogens with one attached hydrogen (secondary N) is 1. The Balaban J connectivity index is 1.95. The van der Waals surface area contributed by atoms with Gasteiger partial charge in [-0.1, -0.05) is 6.92 Å². The quantitative estimate of drug-likeness (QED) is 0.835. The van der Waals surface area contributed by atoms with Crippen molar-refractivity contribution < 1.29 is 4.79 Å². The topological polar surface area (TPSA) is 46.9 Å². The van der Waals surface area contributed by atoms with E-state index >= 15 is 0 Å². The number of hydrogen-bond donors (Lipinski definition) is 1. The maximum Gasteiger partial charge on any atom is 0.273 e. The van der Waals surface area contributed by atoms with Gasteiger partial charge >= 0.3 is 0 Å². The summed E-state index contributed by atoms with van der Waals surface area (Å²) in [4.78, 5) is 12.0. The van der Waals surface area contributed by atoms with E-state index in [1.807, 2.05) is 13.2 Å². The Kier molecular flexibility index (Phi) is 4.06. The number of rotatable bonds is 2. The van der Waals surface area contributed by atoms with Crippen molar-refractivity contribution in [3.8, 4) is 0 Å². The average molecular weight is 347 g/mol. The lowest BCUT2D eigenvalue weighted by Crippen LogP contribution is -2.37. The van der Waals surface area contributed by atoms with Crippen molar-refractivity contribution in [3.63, 3.8) is 0 Å². The van der Waals surface area contributed by atoms with Crippen molar-refractivity contribution >= 4 is 28.5 Å². The minimum Gasteiger partial charge on any atom is -0.348 e. The van der Waals surface area contributed by atoms with E-state index in [4.69, 9.17) is 0 Å². The average Bonchev–Trinajstić information content (AvgIpc) is 2.61. The molecule has 2 rings (SSSR count). The molecule has 0 aromatic carbocycles. The van der Waals surface area contributed by atoms with Crippen molar-refractivity contribution in [2.45, 2.75) is 38.6 Å². The molecule has 0 aliphatic heterocycles. The van der Waals surface area contributed by atoms with E-state index in [9.17, 15) is 4.79 Å². The summed E-state index contributed by atoms with van der Waals surface area (Å²) in [7, 11) is 1.83. The van der Waals surface area contributed by atoms with E-state index in [1.54, 1.807) is 4.68 Å². The normalized spacial score (nSPS) is 24.6. The van der Waals surface area contributed by atoms with Crippen LogP contribution in [-0.4, -0.2) is 21.7 Å². The molecular weight excluding hydrogens is 329 g/mol. The van der Waals surface area contributed by atoms with Gasteiger partial charge < -0.3 is 5.32 Å². The lowest BCUT2D eigenvalue weighted by atomic mass is 9.87. The highest BCUT2D eigenvalue weighted by Gasteiger charge is 2.22. The number of aromatic nitrogens is 2. The summed E-state index contributed by atoms with van der Waals surface area (Å²) in [5, 5.41) is 7.28. The van der Waals surface area contributed by atoms with Gasteiger partial charge in [0, 0.05) is 19.3 Å². The zero-order valence-corrected chi connectivity index (χ0v) is 12.4. The van der Waals surface area contributed by atoms with Crippen LogP contribution in [0.4, 0.5) is 0 Å². The molecule has 1 aromatic heterocycles. The first-order valence-corrected chi connectivity index (χ1v) is 7.14. The number of carbonyl (C=O) groups is 1. The Hall–Kier alpha value is -0.590. The zero-order chi connectivity index (χ0) is 12.4. The zero-order valence-electron chi connectivity index (χ0n) is 10.2. The van der Waals surface area contributed by atoms with Crippen LogP contribution in [0, 0.1) is 9.49 Å². The van der Waals surface area contributed by atoms with E-state index in [1.165, 1.54) is 12.8 Å². The predicted octanol–water partition coefficient (Wildman–Crippen LogP) is 2.33. The Morgan fingerprint density at radius 3 is 2.65 bits per heavy atom. The molecule has 0 bridgehead atoms. The van der Waals surface area contributed by atoms with Gasteiger partial charge in [-0.25, -0.2) is 0 Å². The largest absolute Gasteiger partial charge is 0.348 e. The van der Waals surface area contributed by atoms with Crippen LogP contribution in [0.15, 0.2) is 6.20 Å². The van der Waals surface area contributed by atoms with E-state index in [-0.39, 0.29) is 5.91 Å². The van der Waals surface area contributed by atoms with Gasteiger partial charge in [-0.2, -0.15) is 5.10 Å². The molecule has 0 spiro atoms. The molecule has 0 unspecified atom stereocenters. The summed E-state index contributed by atoms with van der Waals surface area (Å²) in [6, 6.07) is 0.330. The smallest absolute Gasteiger partial charge is 0.273 e. The number of aryl methyl sites for hydroxylation is 1. The minimum atomic E-state index is -0.0328. The van der Waals surface area contributed by atoms with Crippen molar-refractivity contribution in [3.05, 3.63) is 15.5 Å². The first-order chi connectivity index (χ1) is 8.06. The molecule has 1 fully saturated rings. The Labute approximate surface area is 115 Å². The molecule has 1 aromatic rings. The highest BCUT2D eigenvalue weighted by molar-refractivity contribution is 14.1. The number of hydrogen-bond acceptors (Lipinski definition) is 2. The van der Waals surface area contributed by atoms with Gasteiger partial charge in [0.25, 0.3) is 5.91 Å². The van der Waals surface area contributed by atoms with Crippen molar-refractivity contribution in [2.24, 2.45) is 13.0 Å². The highest BCUT2D eigenvalue weighted by atomic mass is 127. The molecule has 1 amide bonds. The van der Waals surface area contributed by atoms with Crippen LogP contribution >= 0.6 is 22.6 Å². The first-order valence-electron chi connectivity index (χ1n) is 6.06. The molecule has 94 valence electrons. The minimum absolute atomic E-state index is 0.0328. The lowest BCUT2D eigenvalue weighted by Gasteiger charge is -2.26. The molecule has 0 atom stereocenters. The van der Waals surface area contributed by atoms with Crippen LogP contribution in [0.2, 0.25) is 0 Å². The molecule has 1 aliphatic rings. The van der Waals surface area contributed by atoms with Crippen LogP contribution in [0.5, 0.6) is 0 Å². The fourth-order valence-electron chi connectivity index (χ4n) is 2.27. The van der Waals surface area contributed by atoms with E-state index in [2.05, 4.69) is 39.9 Å². The summed E-state index contributed by atoms with van der Waals surface area (Å²) in [6.07, 6.45) is 6.47. The Morgan fingerprint density at radius 1 is 1.47 bits per heavy atom. The standard InChI is InChI=1S/C12H18IN3O/c1-8-3-5-9(6-4-8)14-12(17)11-10(13)7-16(2)15-11/h7-9H,3-6H2,1-2H3,(H,14,17). The van der Waals surface area contributed by atoms with Gasteiger partial charge in [-0.15, -0.1) is 0 Å². The molecule has 0 radical (unpaired) electrons. The van der Waals surface area contributed by atoms with Gasteiger partial charge in [0.1, 0.15) is 0 Å². The summed E-state index contributed by atoms with van der Waals surface area (Å²) in [6.45, 7) is 2.28.